The van der Waals surface area contributed by atoms with Gasteiger partial charge in [-0.15, -0.1) is 0 Å². The van der Waals surface area contributed by atoms with Crippen molar-refractivity contribution in [2.75, 3.05) is 0 Å². The zero-order valence-corrected chi connectivity index (χ0v) is 29.6. The fraction of sp³-hybridized carbons (Fsp3) is 0.486. The Hall–Kier alpha value is -5.27. The SMILES string of the molecule is CCCC(=O)O[C@H](C)CC(=O)Oc1cc2c(=O)oc3cc(C(CC)C(=O)O[C@H](C)CC(=O)O)ccc3c2cc1OC(=O)C[C@@H](C)OC(=O)CCC. The normalized spacial score (nSPS) is 13.5. The smallest absolute Gasteiger partial charge is 0.344 e. The first-order valence-electron chi connectivity index (χ1n) is 16.9. The van der Waals surface area contributed by atoms with E-state index in [1.165, 1.54) is 39.0 Å². The molecule has 0 saturated carbocycles. The number of carboxylic acids is 1. The van der Waals surface area contributed by atoms with Crippen LogP contribution in [0.2, 0.25) is 0 Å². The van der Waals surface area contributed by atoms with Crippen LogP contribution in [0.15, 0.2) is 39.5 Å². The third kappa shape index (κ3) is 11.6. The zero-order valence-electron chi connectivity index (χ0n) is 29.6. The van der Waals surface area contributed by atoms with Gasteiger partial charge in [0, 0.05) is 23.6 Å². The average Bonchev–Trinajstić information content (AvgIpc) is 3.01. The Morgan fingerprint density at radius 1 is 0.667 bits per heavy atom. The van der Waals surface area contributed by atoms with Crippen LogP contribution in [0.3, 0.4) is 0 Å². The molecule has 14 nitrogen and oxygen atoms in total. The van der Waals surface area contributed by atoms with E-state index in [2.05, 4.69) is 0 Å². The standard InChI is InChI=1S/C37H44O14/c1-7-10-32(40)46-21(5)15-34(42)49-29-18-26-25-13-12-23(24(9-3)36(44)48-20(4)14-31(38)39)17-28(25)51-37(45)27(26)19-30(29)50-35(43)16-22(6)47-33(41)11-8-2/h12-13,17-22,24H,7-11,14-16H2,1-6H3,(H,38,39)/t20-,21-,22-,24?/m1/s1. The molecular formula is C37H44O14. The van der Waals surface area contributed by atoms with E-state index in [0.717, 1.165) is 0 Å². The Bertz CT molecular complexity index is 1820. The average molecular weight is 713 g/mol. The summed E-state index contributed by atoms with van der Waals surface area (Å²) in [4.78, 5) is 87.0. The lowest BCUT2D eigenvalue weighted by atomic mass is 9.94. The molecule has 0 spiro atoms. The van der Waals surface area contributed by atoms with E-state index in [1.807, 2.05) is 13.8 Å². The van der Waals surface area contributed by atoms with E-state index in [1.54, 1.807) is 19.1 Å². The second-order valence-corrected chi connectivity index (χ2v) is 12.3. The number of fused-ring (bicyclic) bond motifs is 3. The first-order chi connectivity index (χ1) is 24.1. The molecule has 0 saturated heterocycles. The van der Waals surface area contributed by atoms with Gasteiger partial charge in [0.2, 0.25) is 0 Å². The van der Waals surface area contributed by atoms with Gasteiger partial charge < -0.3 is 33.2 Å². The van der Waals surface area contributed by atoms with E-state index in [-0.39, 0.29) is 60.0 Å². The molecular weight excluding hydrogens is 668 g/mol. The minimum Gasteiger partial charge on any atom is -0.481 e. The van der Waals surface area contributed by atoms with Gasteiger partial charge in [0.15, 0.2) is 11.5 Å². The minimum atomic E-state index is -1.11. The summed E-state index contributed by atoms with van der Waals surface area (Å²) in [6, 6.07) is 7.27. The molecule has 3 aromatic rings. The summed E-state index contributed by atoms with van der Waals surface area (Å²) < 4.78 is 32.5. The summed E-state index contributed by atoms with van der Waals surface area (Å²) in [5.41, 5.74) is -0.275. The van der Waals surface area contributed by atoms with Crippen LogP contribution in [0, 0.1) is 0 Å². The van der Waals surface area contributed by atoms with E-state index in [9.17, 15) is 33.6 Å². The van der Waals surface area contributed by atoms with Crippen LogP contribution >= 0.6 is 0 Å². The molecule has 0 aliphatic carbocycles. The van der Waals surface area contributed by atoms with Crippen LogP contribution < -0.4 is 15.1 Å². The molecule has 0 aliphatic rings. The first kappa shape index (κ1) is 40.2. The monoisotopic (exact) mass is 712 g/mol. The summed E-state index contributed by atoms with van der Waals surface area (Å²) >= 11 is 0. The lowest BCUT2D eigenvalue weighted by Crippen LogP contribution is -2.23. The second-order valence-electron chi connectivity index (χ2n) is 12.3. The molecule has 0 bridgehead atoms. The summed E-state index contributed by atoms with van der Waals surface area (Å²) in [6.07, 6.45) is -1.74. The van der Waals surface area contributed by atoms with Crippen molar-refractivity contribution >= 4 is 57.6 Å². The molecule has 1 N–H and O–H groups in total. The van der Waals surface area contributed by atoms with Crippen LogP contribution in [0.1, 0.15) is 104 Å². The van der Waals surface area contributed by atoms with Crippen molar-refractivity contribution in [3.05, 3.63) is 46.3 Å². The molecule has 1 unspecified atom stereocenters. The number of hydrogen-bond donors (Lipinski definition) is 1. The third-order valence-corrected chi connectivity index (χ3v) is 7.61. The molecule has 1 heterocycles. The Morgan fingerprint density at radius 2 is 1.18 bits per heavy atom. The number of carboxylic acid groups (broad SMARTS) is 1. The van der Waals surface area contributed by atoms with Gasteiger partial charge in [0.05, 0.1) is 30.6 Å². The Kier molecular flexibility index (Phi) is 14.7. The summed E-state index contributed by atoms with van der Waals surface area (Å²) in [5.74, 6) is -5.65. The van der Waals surface area contributed by atoms with Gasteiger partial charge in [0.25, 0.3) is 0 Å². The molecule has 1 aromatic heterocycles. The predicted octanol–water partition coefficient (Wildman–Crippen LogP) is 5.90. The highest BCUT2D eigenvalue weighted by molar-refractivity contribution is 6.06. The number of carbonyl (C=O) groups excluding carboxylic acids is 5. The maximum atomic E-state index is 13.3. The number of hydrogen-bond acceptors (Lipinski definition) is 13. The highest BCUT2D eigenvalue weighted by Crippen LogP contribution is 2.36. The molecule has 0 amide bonds. The van der Waals surface area contributed by atoms with Gasteiger partial charge in [-0.05, 0) is 63.8 Å². The maximum Gasteiger partial charge on any atom is 0.344 e. The number of aliphatic carboxylic acids is 1. The van der Waals surface area contributed by atoms with Gasteiger partial charge in [0.1, 0.15) is 23.9 Å². The highest BCUT2D eigenvalue weighted by Gasteiger charge is 2.26. The lowest BCUT2D eigenvalue weighted by Gasteiger charge is -2.18. The summed E-state index contributed by atoms with van der Waals surface area (Å²) in [6.45, 7) is 9.89. The molecule has 276 valence electrons. The quantitative estimate of drug-likeness (QED) is 0.0537. The summed E-state index contributed by atoms with van der Waals surface area (Å²) in [5, 5.41) is 9.66. The largest absolute Gasteiger partial charge is 0.481 e. The van der Waals surface area contributed by atoms with Crippen molar-refractivity contribution in [2.45, 2.75) is 117 Å². The first-order valence-corrected chi connectivity index (χ1v) is 16.9. The van der Waals surface area contributed by atoms with Crippen molar-refractivity contribution in [3.63, 3.8) is 0 Å². The number of carbonyl (C=O) groups is 6. The van der Waals surface area contributed by atoms with Crippen LogP contribution in [-0.2, 0) is 43.0 Å². The van der Waals surface area contributed by atoms with Crippen molar-refractivity contribution in [3.8, 4) is 11.5 Å². The Labute approximate surface area is 294 Å². The summed E-state index contributed by atoms with van der Waals surface area (Å²) in [7, 11) is 0. The van der Waals surface area contributed by atoms with Gasteiger partial charge in [-0.2, -0.15) is 0 Å². The molecule has 0 radical (unpaired) electrons. The van der Waals surface area contributed by atoms with Crippen molar-refractivity contribution in [1.82, 2.24) is 0 Å². The third-order valence-electron chi connectivity index (χ3n) is 7.61. The molecule has 0 fully saturated rings. The predicted molar refractivity (Wildman–Crippen MR) is 182 cm³/mol. The van der Waals surface area contributed by atoms with Crippen molar-refractivity contribution < 1.29 is 62.0 Å². The Morgan fingerprint density at radius 3 is 1.67 bits per heavy atom. The van der Waals surface area contributed by atoms with Crippen LogP contribution in [0.4, 0.5) is 0 Å². The zero-order chi connectivity index (χ0) is 37.8. The molecule has 14 heteroatoms. The molecule has 4 atom stereocenters. The maximum absolute atomic E-state index is 13.3. The van der Waals surface area contributed by atoms with E-state index in [4.69, 9.17) is 33.2 Å². The fourth-order valence-corrected chi connectivity index (χ4v) is 5.29. The topological polar surface area (TPSA) is 199 Å². The van der Waals surface area contributed by atoms with Crippen molar-refractivity contribution in [2.24, 2.45) is 0 Å². The van der Waals surface area contributed by atoms with E-state index < -0.39 is 65.7 Å². The molecule has 51 heavy (non-hydrogen) atoms. The fourth-order valence-electron chi connectivity index (χ4n) is 5.29. The molecule has 3 rings (SSSR count). The second kappa shape index (κ2) is 18.6. The lowest BCUT2D eigenvalue weighted by molar-refractivity contribution is -0.154. The van der Waals surface area contributed by atoms with Crippen LogP contribution in [0.25, 0.3) is 21.7 Å². The van der Waals surface area contributed by atoms with Gasteiger partial charge in [-0.25, -0.2) is 4.79 Å². The van der Waals surface area contributed by atoms with E-state index >= 15 is 0 Å². The van der Waals surface area contributed by atoms with Crippen LogP contribution in [-0.4, -0.2) is 59.2 Å². The number of rotatable bonds is 18. The number of benzene rings is 2. The van der Waals surface area contributed by atoms with Gasteiger partial charge >= 0.3 is 41.4 Å². The van der Waals surface area contributed by atoms with Crippen molar-refractivity contribution in [1.29, 1.82) is 0 Å². The molecule has 0 aliphatic heterocycles. The van der Waals surface area contributed by atoms with Gasteiger partial charge in [-0.3, -0.25) is 28.8 Å². The number of ether oxygens (including phenoxy) is 5. The van der Waals surface area contributed by atoms with E-state index in [0.29, 0.717) is 30.2 Å². The minimum absolute atomic E-state index is 0.0175. The van der Waals surface area contributed by atoms with Gasteiger partial charge in [-0.1, -0.05) is 32.9 Å². The highest BCUT2D eigenvalue weighted by atomic mass is 16.6. The number of esters is 5. The van der Waals surface area contributed by atoms with Crippen LogP contribution in [0.5, 0.6) is 11.5 Å². The Balaban J connectivity index is 2.02. The molecule has 2 aromatic carbocycles.